The van der Waals surface area contributed by atoms with Crippen molar-refractivity contribution < 1.29 is 28.5 Å². The fourth-order valence-corrected chi connectivity index (χ4v) is 5.30. The topological polar surface area (TPSA) is 82.0 Å². The van der Waals surface area contributed by atoms with Crippen molar-refractivity contribution in [2.75, 3.05) is 26.2 Å². The quantitative estimate of drug-likeness (QED) is 0.659. The van der Waals surface area contributed by atoms with Gasteiger partial charge in [-0.25, -0.2) is 13.6 Å². The number of fused-ring (bicyclic) bond motifs is 2. The molecule has 5 rings (SSSR count). The van der Waals surface area contributed by atoms with Crippen molar-refractivity contribution in [1.82, 2.24) is 10.2 Å². The van der Waals surface area contributed by atoms with Crippen LogP contribution in [0.3, 0.4) is 0 Å². The van der Waals surface area contributed by atoms with E-state index in [4.69, 9.17) is 4.74 Å². The molecule has 0 radical (unpaired) electrons. The van der Waals surface area contributed by atoms with E-state index in [9.17, 15) is 23.8 Å². The number of likely N-dealkylation sites (tertiary alicyclic amines) is 1. The third kappa shape index (κ3) is 5.18. The summed E-state index contributed by atoms with van der Waals surface area (Å²) in [6, 6.07) is 9.47. The first-order chi connectivity index (χ1) is 14.4. The number of benzene rings is 1. The lowest BCUT2D eigenvalue weighted by molar-refractivity contribution is 0.0588. The number of carbonyl (C=O) groups excluding carboxylic acids is 1. The van der Waals surface area contributed by atoms with E-state index in [-0.39, 0.29) is 37.9 Å². The monoisotopic (exact) mass is 440 g/mol. The molecule has 8 atom stereocenters. The normalized spacial score (nSPS) is 38.0. The zero-order chi connectivity index (χ0) is 21.3. The highest BCUT2D eigenvalue weighted by Crippen LogP contribution is 2.40. The number of aliphatic hydroxyl groups excluding tert-OH is 2. The molecule has 8 heteroatoms. The summed E-state index contributed by atoms with van der Waals surface area (Å²) in [6.07, 6.45) is -3.23. The van der Waals surface area contributed by atoms with Gasteiger partial charge in [0.2, 0.25) is 0 Å². The Balaban J connectivity index is 0.000000208. The summed E-state index contributed by atoms with van der Waals surface area (Å²) < 4.78 is 31.4. The number of amides is 1. The van der Waals surface area contributed by atoms with Crippen molar-refractivity contribution in [2.24, 2.45) is 23.7 Å². The Hall–Kier alpha value is -1.77. The minimum atomic E-state index is -1.15. The lowest BCUT2D eigenvalue weighted by atomic mass is 10.00. The van der Waals surface area contributed by atoms with Gasteiger partial charge in [0.05, 0.1) is 12.2 Å². The Kier molecular flexibility index (Phi) is 7.88. The molecule has 0 aromatic heterocycles. The molecule has 4 fully saturated rings. The Morgan fingerprint density at radius 1 is 1.00 bits per heavy atom. The van der Waals surface area contributed by atoms with Crippen molar-refractivity contribution >= 4 is 6.09 Å². The third-order valence-electron chi connectivity index (χ3n) is 7.02. The van der Waals surface area contributed by atoms with Crippen LogP contribution < -0.4 is 5.32 Å². The molecule has 2 aliphatic carbocycles. The second-order valence-corrected chi connectivity index (χ2v) is 8.94. The standard InChI is InChI=1S/C15H18FNO3.C7H12FNO.CH4/c16-13-6-11-7-17(8-12(11)14(13)18)15(19)20-9-10-4-2-1-3-5-10;8-6-1-4-2-9-3-5(4)7(6)10;/h1-5,11-14,18H,6-9H2;4-7,9-10H,1-3H2;1H4/t11-,12+,13-,14+;4-,5+,6-,7+;/m00./s1. The number of aliphatic hydroxyl groups is 2. The second kappa shape index (κ2) is 10.2. The maximum absolute atomic E-state index is 13.4. The van der Waals surface area contributed by atoms with Crippen LogP contribution in [0.15, 0.2) is 30.3 Å². The molecule has 2 saturated heterocycles. The number of hydrogen-bond acceptors (Lipinski definition) is 5. The number of nitrogens with one attached hydrogen (secondary N) is 1. The van der Waals surface area contributed by atoms with E-state index >= 15 is 0 Å². The van der Waals surface area contributed by atoms with Crippen molar-refractivity contribution in [3.05, 3.63) is 35.9 Å². The van der Waals surface area contributed by atoms with Crippen molar-refractivity contribution in [1.29, 1.82) is 0 Å². The average molecular weight is 441 g/mol. The summed E-state index contributed by atoms with van der Waals surface area (Å²) in [5, 5.41) is 22.1. The maximum atomic E-state index is 13.4. The first-order valence-electron chi connectivity index (χ1n) is 10.7. The van der Waals surface area contributed by atoms with Gasteiger partial charge in [-0.1, -0.05) is 37.8 Å². The Morgan fingerprint density at radius 2 is 1.65 bits per heavy atom. The molecule has 1 aromatic rings. The molecule has 4 aliphatic rings. The first-order valence-corrected chi connectivity index (χ1v) is 10.7. The van der Waals surface area contributed by atoms with E-state index in [1.807, 2.05) is 30.3 Å². The summed E-state index contributed by atoms with van der Waals surface area (Å²) in [4.78, 5) is 13.5. The summed E-state index contributed by atoms with van der Waals surface area (Å²) in [7, 11) is 0. The van der Waals surface area contributed by atoms with Gasteiger partial charge in [-0.15, -0.1) is 0 Å². The number of alkyl halides is 2. The van der Waals surface area contributed by atoms with Crippen LogP contribution in [0.2, 0.25) is 0 Å². The molecular weight excluding hydrogens is 406 g/mol. The van der Waals surface area contributed by atoms with Crippen LogP contribution in [0.1, 0.15) is 25.8 Å². The summed E-state index contributed by atoms with van der Waals surface area (Å²) in [5.74, 6) is 0.499. The molecule has 31 heavy (non-hydrogen) atoms. The van der Waals surface area contributed by atoms with E-state index < -0.39 is 24.6 Å². The van der Waals surface area contributed by atoms with Crippen molar-refractivity contribution in [3.63, 3.8) is 0 Å². The number of rotatable bonds is 2. The highest BCUT2D eigenvalue weighted by molar-refractivity contribution is 5.68. The number of nitrogens with zero attached hydrogens (tertiary/aromatic N) is 1. The van der Waals surface area contributed by atoms with Crippen molar-refractivity contribution in [2.45, 2.75) is 51.4 Å². The SMILES string of the molecule is C.O=C(OCc1ccccc1)N1C[C@@H]2C[C@H](F)[C@H](O)[C@@H]2C1.O[C@@H]1[C@@H]2CNC[C@@H]2C[C@@H]1F. The van der Waals surface area contributed by atoms with E-state index in [0.717, 1.165) is 18.7 Å². The third-order valence-corrected chi connectivity index (χ3v) is 7.02. The minimum Gasteiger partial charge on any atom is -0.445 e. The summed E-state index contributed by atoms with van der Waals surface area (Å²) in [5.41, 5.74) is 0.934. The van der Waals surface area contributed by atoms with Crippen molar-refractivity contribution in [3.8, 4) is 0 Å². The number of hydrogen-bond donors (Lipinski definition) is 3. The number of ether oxygens (including phenoxy) is 1. The molecule has 2 saturated carbocycles. The summed E-state index contributed by atoms with van der Waals surface area (Å²) in [6.45, 7) is 2.80. The van der Waals surface area contributed by atoms with E-state index in [2.05, 4.69) is 5.32 Å². The van der Waals surface area contributed by atoms with Crippen LogP contribution in [0, 0.1) is 23.7 Å². The van der Waals surface area contributed by atoms with E-state index in [1.54, 1.807) is 4.90 Å². The van der Waals surface area contributed by atoms with Gasteiger partial charge < -0.3 is 25.2 Å². The van der Waals surface area contributed by atoms with Crippen LogP contribution in [0.4, 0.5) is 13.6 Å². The molecule has 3 N–H and O–H groups in total. The van der Waals surface area contributed by atoms with E-state index in [1.165, 1.54) is 0 Å². The van der Waals surface area contributed by atoms with Gasteiger partial charge in [-0.3, -0.25) is 0 Å². The predicted octanol–water partition coefficient (Wildman–Crippen LogP) is 2.53. The van der Waals surface area contributed by atoms with Gasteiger partial charge in [-0.05, 0) is 36.8 Å². The molecule has 2 aliphatic heterocycles. The maximum Gasteiger partial charge on any atom is 0.410 e. The van der Waals surface area contributed by atoms with Gasteiger partial charge in [0.25, 0.3) is 0 Å². The highest BCUT2D eigenvalue weighted by Gasteiger charge is 2.49. The van der Waals surface area contributed by atoms with Gasteiger partial charge >= 0.3 is 6.09 Å². The number of halogens is 2. The first kappa shape index (κ1) is 23.9. The van der Waals surface area contributed by atoms with Crippen LogP contribution in [0.25, 0.3) is 0 Å². The summed E-state index contributed by atoms with van der Waals surface area (Å²) >= 11 is 0. The number of carbonyl (C=O) groups is 1. The van der Waals surface area contributed by atoms with Crippen LogP contribution >= 0.6 is 0 Å². The predicted molar refractivity (Wildman–Crippen MR) is 113 cm³/mol. The van der Waals surface area contributed by atoms with Gasteiger partial charge in [0.1, 0.15) is 19.0 Å². The molecule has 0 unspecified atom stereocenters. The van der Waals surface area contributed by atoms with Crippen LogP contribution in [-0.2, 0) is 11.3 Å². The smallest absolute Gasteiger partial charge is 0.410 e. The molecule has 1 aromatic carbocycles. The highest BCUT2D eigenvalue weighted by atomic mass is 19.1. The Labute approximate surface area is 182 Å². The van der Waals surface area contributed by atoms with Crippen LogP contribution in [0.5, 0.6) is 0 Å². The fraction of sp³-hybridized carbons (Fsp3) is 0.696. The zero-order valence-corrected chi connectivity index (χ0v) is 16.9. The van der Waals surface area contributed by atoms with Gasteiger partial charge in [0.15, 0.2) is 0 Å². The molecule has 174 valence electrons. The lowest BCUT2D eigenvalue weighted by Crippen LogP contribution is -2.33. The zero-order valence-electron chi connectivity index (χ0n) is 16.9. The minimum absolute atomic E-state index is 0. The van der Waals surface area contributed by atoms with E-state index in [0.29, 0.717) is 31.8 Å². The average Bonchev–Trinajstić information content (AvgIpc) is 3.49. The second-order valence-electron chi connectivity index (χ2n) is 8.94. The van der Waals surface area contributed by atoms with Gasteiger partial charge in [-0.2, -0.15) is 0 Å². The molecule has 1 amide bonds. The fourth-order valence-electron chi connectivity index (χ4n) is 5.30. The van der Waals surface area contributed by atoms with Crippen LogP contribution in [-0.4, -0.2) is 71.9 Å². The molecule has 2 heterocycles. The molecule has 6 nitrogen and oxygen atoms in total. The largest absolute Gasteiger partial charge is 0.445 e. The lowest BCUT2D eigenvalue weighted by Gasteiger charge is -2.19. The molecular formula is C23H34F2N2O4. The molecule has 0 spiro atoms. The van der Waals surface area contributed by atoms with Gasteiger partial charge in [0, 0.05) is 31.5 Å². The Bertz CT molecular complexity index is 723. The Morgan fingerprint density at radius 3 is 2.29 bits per heavy atom. The molecule has 0 bridgehead atoms.